The van der Waals surface area contributed by atoms with Crippen molar-refractivity contribution in [3.05, 3.63) is 28.8 Å². The highest BCUT2D eigenvalue weighted by Gasteiger charge is 2.30. The van der Waals surface area contributed by atoms with Gasteiger partial charge >= 0.3 is 0 Å². The molecule has 1 rings (SSSR count). The number of rotatable bonds is 4. The monoisotopic (exact) mass is 225 g/mol. The Morgan fingerprint density at radius 1 is 1.31 bits per heavy atom. The van der Waals surface area contributed by atoms with Gasteiger partial charge in [0.05, 0.1) is 7.11 Å². The second-order valence-corrected chi connectivity index (χ2v) is 4.16. The van der Waals surface area contributed by atoms with Crippen LogP contribution in [0.2, 0.25) is 0 Å². The minimum absolute atomic E-state index is 0.0100. The van der Waals surface area contributed by atoms with E-state index in [-0.39, 0.29) is 6.54 Å². The Labute approximate surface area is 96.6 Å². The van der Waals surface area contributed by atoms with E-state index in [0.717, 1.165) is 16.9 Å². The van der Waals surface area contributed by atoms with E-state index in [1.807, 2.05) is 32.9 Å². The van der Waals surface area contributed by atoms with Crippen LogP contribution in [0.3, 0.4) is 0 Å². The van der Waals surface area contributed by atoms with E-state index in [1.54, 1.807) is 7.11 Å². The van der Waals surface area contributed by atoms with Gasteiger partial charge in [-0.3, -0.25) is 0 Å². The first-order chi connectivity index (χ1) is 7.48. The molecule has 0 bridgehead atoms. The fraction of sp³-hybridized carbons (Fsp3) is 0.538. The predicted octanol–water partition coefficient (Wildman–Crippen LogP) is 2.85. The molecule has 0 saturated heterocycles. The van der Waals surface area contributed by atoms with Crippen molar-refractivity contribution in [2.45, 2.75) is 32.9 Å². The zero-order chi connectivity index (χ0) is 12.3. The molecule has 3 heteroatoms. The summed E-state index contributed by atoms with van der Waals surface area (Å²) in [6.07, 6.45) is 0.385. The normalized spacial score (nSPS) is 14.6. The van der Waals surface area contributed by atoms with Crippen LogP contribution >= 0.6 is 0 Å². The van der Waals surface area contributed by atoms with Crippen LogP contribution in [0.15, 0.2) is 12.1 Å². The lowest BCUT2D eigenvalue weighted by molar-refractivity contribution is 0.168. The molecule has 0 radical (unpaired) electrons. The predicted molar refractivity (Wildman–Crippen MR) is 64.6 cm³/mol. The largest absolute Gasteiger partial charge is 0.496 e. The minimum atomic E-state index is -1.43. The van der Waals surface area contributed by atoms with Gasteiger partial charge in [-0.2, -0.15) is 0 Å². The highest BCUT2D eigenvalue weighted by Crippen LogP contribution is 2.34. The van der Waals surface area contributed by atoms with E-state index in [1.165, 1.54) is 0 Å². The van der Waals surface area contributed by atoms with Gasteiger partial charge in [0.2, 0.25) is 0 Å². The maximum absolute atomic E-state index is 14.5. The van der Waals surface area contributed by atoms with Crippen molar-refractivity contribution in [3.8, 4) is 5.75 Å². The second-order valence-electron chi connectivity index (χ2n) is 4.16. The minimum Gasteiger partial charge on any atom is -0.496 e. The van der Waals surface area contributed by atoms with E-state index >= 15 is 0 Å². The summed E-state index contributed by atoms with van der Waals surface area (Å²) in [6.45, 7) is 5.62. The van der Waals surface area contributed by atoms with Crippen molar-refractivity contribution in [1.82, 2.24) is 0 Å². The van der Waals surface area contributed by atoms with Crippen LogP contribution < -0.4 is 10.5 Å². The Kier molecular flexibility index (Phi) is 3.92. The van der Waals surface area contributed by atoms with Gasteiger partial charge in [0.1, 0.15) is 11.4 Å². The average molecular weight is 225 g/mol. The number of methoxy groups -OCH3 is 1. The summed E-state index contributed by atoms with van der Waals surface area (Å²) in [4.78, 5) is 0. The van der Waals surface area contributed by atoms with Crippen molar-refractivity contribution < 1.29 is 9.13 Å². The molecule has 0 heterocycles. The first-order valence-electron chi connectivity index (χ1n) is 5.53. The smallest absolute Gasteiger partial charge is 0.148 e. The third-order valence-corrected chi connectivity index (χ3v) is 3.11. The van der Waals surface area contributed by atoms with Crippen LogP contribution in [0.5, 0.6) is 5.75 Å². The molecule has 16 heavy (non-hydrogen) atoms. The van der Waals surface area contributed by atoms with E-state index < -0.39 is 5.67 Å². The summed E-state index contributed by atoms with van der Waals surface area (Å²) in [5.74, 6) is 0.789. The SMILES string of the molecule is CCC(F)(CN)c1cc(C)c(OC)cc1C. The lowest BCUT2D eigenvalue weighted by atomic mass is 9.88. The Balaban J connectivity index is 3.30. The van der Waals surface area contributed by atoms with Gasteiger partial charge in [-0.1, -0.05) is 6.92 Å². The van der Waals surface area contributed by atoms with Gasteiger partial charge < -0.3 is 10.5 Å². The number of benzene rings is 1. The third kappa shape index (κ3) is 2.19. The number of nitrogens with two attached hydrogens (primary N) is 1. The van der Waals surface area contributed by atoms with Gasteiger partial charge in [-0.25, -0.2) is 4.39 Å². The van der Waals surface area contributed by atoms with E-state index in [2.05, 4.69) is 0 Å². The van der Waals surface area contributed by atoms with Crippen molar-refractivity contribution in [2.24, 2.45) is 5.73 Å². The van der Waals surface area contributed by atoms with Gasteiger partial charge in [0.15, 0.2) is 0 Å². The Hall–Kier alpha value is -1.09. The average Bonchev–Trinajstić information content (AvgIpc) is 2.30. The fourth-order valence-electron chi connectivity index (χ4n) is 1.94. The van der Waals surface area contributed by atoms with Crippen molar-refractivity contribution >= 4 is 0 Å². The van der Waals surface area contributed by atoms with Gasteiger partial charge in [0.25, 0.3) is 0 Å². The first kappa shape index (κ1) is 13.0. The summed E-state index contributed by atoms with van der Waals surface area (Å²) in [5, 5.41) is 0. The molecular weight excluding hydrogens is 205 g/mol. The van der Waals surface area contributed by atoms with Crippen LogP contribution in [0.25, 0.3) is 0 Å². The number of alkyl halides is 1. The van der Waals surface area contributed by atoms with Crippen molar-refractivity contribution in [1.29, 1.82) is 0 Å². The summed E-state index contributed by atoms with van der Waals surface area (Å²) in [6, 6.07) is 3.70. The van der Waals surface area contributed by atoms with Crippen molar-refractivity contribution in [3.63, 3.8) is 0 Å². The molecule has 2 N–H and O–H groups in total. The molecule has 1 atom stereocenters. The fourth-order valence-corrected chi connectivity index (χ4v) is 1.94. The Bertz CT molecular complexity index is 372. The van der Waals surface area contributed by atoms with E-state index in [9.17, 15) is 4.39 Å². The lowest BCUT2D eigenvalue weighted by Gasteiger charge is -2.25. The van der Waals surface area contributed by atoms with Crippen LogP contribution in [0.4, 0.5) is 4.39 Å². The summed E-state index contributed by atoms with van der Waals surface area (Å²) < 4.78 is 19.7. The van der Waals surface area contributed by atoms with E-state index in [4.69, 9.17) is 10.5 Å². The quantitative estimate of drug-likeness (QED) is 0.855. The summed E-state index contributed by atoms with van der Waals surface area (Å²) in [5.41, 5.74) is 6.60. The molecule has 90 valence electrons. The number of hydrogen-bond acceptors (Lipinski definition) is 2. The third-order valence-electron chi connectivity index (χ3n) is 3.11. The molecule has 0 aliphatic carbocycles. The highest BCUT2D eigenvalue weighted by atomic mass is 19.1. The molecule has 0 fully saturated rings. The molecule has 0 amide bonds. The number of aryl methyl sites for hydroxylation is 2. The summed E-state index contributed by atoms with van der Waals surface area (Å²) in [7, 11) is 1.62. The van der Waals surface area contributed by atoms with Crippen LogP contribution in [-0.4, -0.2) is 13.7 Å². The molecule has 2 nitrogen and oxygen atoms in total. The summed E-state index contributed by atoms with van der Waals surface area (Å²) >= 11 is 0. The molecule has 1 aromatic carbocycles. The van der Waals surface area contributed by atoms with Crippen LogP contribution in [-0.2, 0) is 5.67 Å². The number of ether oxygens (including phenoxy) is 1. The maximum Gasteiger partial charge on any atom is 0.148 e. The van der Waals surface area contributed by atoms with Gasteiger partial charge in [-0.15, -0.1) is 0 Å². The second kappa shape index (κ2) is 4.83. The lowest BCUT2D eigenvalue weighted by Crippen LogP contribution is -2.30. The standard InChI is InChI=1S/C13H20FNO/c1-5-13(14,8-15)11-6-10(3)12(16-4)7-9(11)2/h6-7H,5,8,15H2,1-4H3. The molecule has 1 unspecified atom stereocenters. The number of hydrogen-bond donors (Lipinski definition) is 1. The molecule has 1 aromatic rings. The molecule has 0 aromatic heterocycles. The highest BCUT2D eigenvalue weighted by molar-refractivity contribution is 5.44. The van der Waals surface area contributed by atoms with Gasteiger partial charge in [-0.05, 0) is 49.1 Å². The maximum atomic E-state index is 14.5. The zero-order valence-corrected chi connectivity index (χ0v) is 10.4. The molecule has 0 aliphatic rings. The number of halogens is 1. The Morgan fingerprint density at radius 3 is 2.38 bits per heavy atom. The van der Waals surface area contributed by atoms with Crippen LogP contribution in [0, 0.1) is 13.8 Å². The molecule has 0 aliphatic heterocycles. The van der Waals surface area contributed by atoms with Gasteiger partial charge in [0, 0.05) is 6.54 Å². The topological polar surface area (TPSA) is 35.2 Å². The molecule has 0 saturated carbocycles. The van der Waals surface area contributed by atoms with Crippen molar-refractivity contribution in [2.75, 3.05) is 13.7 Å². The zero-order valence-electron chi connectivity index (χ0n) is 10.4. The Morgan fingerprint density at radius 2 is 1.94 bits per heavy atom. The van der Waals surface area contributed by atoms with Crippen LogP contribution in [0.1, 0.15) is 30.0 Å². The first-order valence-corrected chi connectivity index (χ1v) is 5.53. The molecular formula is C13H20FNO. The molecule has 0 spiro atoms. The van der Waals surface area contributed by atoms with E-state index in [0.29, 0.717) is 12.0 Å².